The molecule has 0 aliphatic heterocycles. The van der Waals surface area contributed by atoms with E-state index in [0.29, 0.717) is 0 Å². The summed E-state index contributed by atoms with van der Waals surface area (Å²) in [5.74, 6) is 0. The van der Waals surface area contributed by atoms with E-state index in [1.165, 1.54) is 0 Å². The number of aromatic nitrogens is 1. The van der Waals surface area contributed by atoms with Crippen LogP contribution in [0.3, 0.4) is 0 Å². The Hall–Kier alpha value is -1.49. The molecule has 0 saturated heterocycles. The van der Waals surface area contributed by atoms with Gasteiger partial charge in [-0.2, -0.15) is 0 Å². The first-order valence-electron chi connectivity index (χ1n) is 5.42. The van der Waals surface area contributed by atoms with Crippen LogP contribution in [0.4, 0.5) is 0 Å². The van der Waals surface area contributed by atoms with Gasteiger partial charge in [0.25, 0.3) is 0 Å². The highest BCUT2D eigenvalue weighted by Gasteiger charge is 2.20. The highest BCUT2D eigenvalue weighted by molar-refractivity contribution is 5.82. The first-order chi connectivity index (χ1) is 8.27. The van der Waals surface area contributed by atoms with Gasteiger partial charge in [0.05, 0.1) is 11.6 Å². The number of pyridine rings is 1. The average Bonchev–Trinajstić information content (AvgIpc) is 2.39. The second-order valence-corrected chi connectivity index (χ2v) is 3.79. The lowest BCUT2D eigenvalue weighted by atomic mass is 10.0. The number of rotatable bonds is 4. The molecule has 4 nitrogen and oxygen atoms in total. The summed E-state index contributed by atoms with van der Waals surface area (Å²) >= 11 is 0. The van der Waals surface area contributed by atoms with Crippen molar-refractivity contribution in [3.8, 4) is 0 Å². The normalized spacial score (nSPS) is 13.2. The van der Waals surface area contributed by atoms with Crippen LogP contribution in [0.25, 0.3) is 10.9 Å². The third kappa shape index (κ3) is 2.29. The molecule has 1 heterocycles. The molecule has 2 aromatic rings. The molecule has 0 saturated carbocycles. The van der Waals surface area contributed by atoms with Gasteiger partial charge in [0.1, 0.15) is 0 Å². The van der Waals surface area contributed by atoms with E-state index in [4.69, 9.17) is 15.2 Å². The van der Waals surface area contributed by atoms with Crippen LogP contribution in [-0.2, 0) is 9.47 Å². The zero-order valence-corrected chi connectivity index (χ0v) is 9.96. The fourth-order valence-corrected chi connectivity index (χ4v) is 1.93. The fourth-order valence-electron chi connectivity index (χ4n) is 1.93. The van der Waals surface area contributed by atoms with Crippen LogP contribution in [0, 0.1) is 0 Å². The van der Waals surface area contributed by atoms with Crippen molar-refractivity contribution in [2.24, 2.45) is 5.73 Å². The minimum Gasteiger partial charge on any atom is -0.354 e. The topological polar surface area (TPSA) is 57.4 Å². The Morgan fingerprint density at radius 1 is 1.12 bits per heavy atom. The van der Waals surface area contributed by atoms with Crippen LogP contribution in [0.15, 0.2) is 36.5 Å². The quantitative estimate of drug-likeness (QED) is 0.817. The molecule has 0 radical (unpaired) electrons. The maximum Gasteiger partial charge on any atom is 0.176 e. The molecule has 4 heteroatoms. The lowest BCUT2D eigenvalue weighted by Crippen LogP contribution is -2.29. The molecule has 0 spiro atoms. The van der Waals surface area contributed by atoms with E-state index in [0.717, 1.165) is 16.5 Å². The van der Waals surface area contributed by atoms with Gasteiger partial charge in [-0.25, -0.2) is 0 Å². The van der Waals surface area contributed by atoms with Crippen LogP contribution >= 0.6 is 0 Å². The molecule has 17 heavy (non-hydrogen) atoms. The summed E-state index contributed by atoms with van der Waals surface area (Å²) in [6.45, 7) is 0. The largest absolute Gasteiger partial charge is 0.354 e. The lowest BCUT2D eigenvalue weighted by molar-refractivity contribution is -0.117. The highest BCUT2D eigenvalue weighted by atomic mass is 16.7. The number of hydrogen-bond acceptors (Lipinski definition) is 4. The number of para-hydroxylation sites is 1. The van der Waals surface area contributed by atoms with Crippen molar-refractivity contribution < 1.29 is 9.47 Å². The first-order valence-corrected chi connectivity index (χ1v) is 5.42. The lowest BCUT2D eigenvalue weighted by Gasteiger charge is -2.22. The van der Waals surface area contributed by atoms with Crippen LogP contribution in [0.1, 0.15) is 11.6 Å². The summed E-state index contributed by atoms with van der Waals surface area (Å²) in [5.41, 5.74) is 7.95. The summed E-state index contributed by atoms with van der Waals surface area (Å²) < 4.78 is 10.4. The molecule has 0 aliphatic carbocycles. The molecular formula is C13H16N2O2. The maximum atomic E-state index is 6.14. The molecule has 0 bridgehead atoms. The van der Waals surface area contributed by atoms with Crippen molar-refractivity contribution in [2.75, 3.05) is 14.2 Å². The summed E-state index contributed by atoms with van der Waals surface area (Å²) in [6, 6.07) is 9.47. The van der Waals surface area contributed by atoms with E-state index in [1.807, 2.05) is 30.3 Å². The third-order valence-electron chi connectivity index (χ3n) is 2.78. The molecule has 0 amide bonds. The van der Waals surface area contributed by atoms with E-state index in [2.05, 4.69) is 4.98 Å². The summed E-state index contributed by atoms with van der Waals surface area (Å²) in [6.07, 6.45) is 1.29. The van der Waals surface area contributed by atoms with E-state index < -0.39 is 6.29 Å². The molecule has 1 unspecified atom stereocenters. The van der Waals surface area contributed by atoms with Crippen LogP contribution in [-0.4, -0.2) is 25.5 Å². The van der Waals surface area contributed by atoms with Gasteiger partial charge >= 0.3 is 0 Å². The fraction of sp³-hybridized carbons (Fsp3) is 0.308. The van der Waals surface area contributed by atoms with Gasteiger partial charge < -0.3 is 15.2 Å². The van der Waals surface area contributed by atoms with Crippen LogP contribution < -0.4 is 5.73 Å². The second-order valence-electron chi connectivity index (χ2n) is 3.79. The van der Waals surface area contributed by atoms with Crippen molar-refractivity contribution in [2.45, 2.75) is 12.3 Å². The second kappa shape index (κ2) is 5.23. The monoisotopic (exact) mass is 232 g/mol. The Morgan fingerprint density at radius 2 is 1.82 bits per heavy atom. The molecule has 2 rings (SSSR count). The summed E-state index contributed by atoms with van der Waals surface area (Å²) in [5, 5.41) is 1.06. The predicted octanol–water partition coefficient (Wildman–Crippen LogP) is 1.85. The maximum absolute atomic E-state index is 6.14. The molecule has 2 N–H and O–H groups in total. The summed E-state index contributed by atoms with van der Waals surface area (Å²) in [7, 11) is 3.15. The zero-order valence-electron chi connectivity index (χ0n) is 9.96. The Bertz CT molecular complexity index is 492. The number of fused-ring (bicyclic) bond motifs is 1. The standard InChI is InChI=1S/C13H16N2O2/c1-16-13(17-2)11(14)10-7-3-5-9-6-4-8-15-12(9)10/h3-8,11,13H,14H2,1-2H3. The van der Waals surface area contributed by atoms with E-state index in [9.17, 15) is 0 Å². The Kier molecular flexibility index (Phi) is 3.68. The van der Waals surface area contributed by atoms with Crippen molar-refractivity contribution in [3.63, 3.8) is 0 Å². The van der Waals surface area contributed by atoms with Crippen molar-refractivity contribution in [1.82, 2.24) is 4.98 Å². The molecule has 1 aromatic heterocycles. The number of methoxy groups -OCH3 is 2. The Balaban J connectivity index is 2.47. The number of ether oxygens (including phenoxy) is 2. The molecule has 0 aliphatic rings. The number of nitrogens with two attached hydrogens (primary N) is 1. The molecule has 0 fully saturated rings. The van der Waals surface area contributed by atoms with Gasteiger partial charge in [-0.15, -0.1) is 0 Å². The van der Waals surface area contributed by atoms with Gasteiger partial charge in [0.2, 0.25) is 0 Å². The van der Waals surface area contributed by atoms with Gasteiger partial charge in [-0.05, 0) is 6.07 Å². The van der Waals surface area contributed by atoms with Gasteiger partial charge in [-0.3, -0.25) is 4.98 Å². The average molecular weight is 232 g/mol. The van der Waals surface area contributed by atoms with Crippen molar-refractivity contribution >= 4 is 10.9 Å². The van der Waals surface area contributed by atoms with Gasteiger partial charge in [0.15, 0.2) is 6.29 Å². The van der Waals surface area contributed by atoms with Crippen molar-refractivity contribution in [1.29, 1.82) is 0 Å². The SMILES string of the molecule is COC(OC)C(N)c1cccc2cccnc12. The highest BCUT2D eigenvalue weighted by Crippen LogP contribution is 2.24. The molecule has 90 valence electrons. The molecular weight excluding hydrogens is 216 g/mol. The minimum atomic E-state index is -0.470. The number of benzene rings is 1. The zero-order chi connectivity index (χ0) is 12.3. The first kappa shape index (κ1) is 12.0. The Morgan fingerprint density at radius 3 is 2.53 bits per heavy atom. The van der Waals surface area contributed by atoms with Crippen LogP contribution in [0.5, 0.6) is 0 Å². The van der Waals surface area contributed by atoms with Crippen LogP contribution in [0.2, 0.25) is 0 Å². The van der Waals surface area contributed by atoms with E-state index in [1.54, 1.807) is 20.4 Å². The van der Waals surface area contributed by atoms with Gasteiger partial charge in [0, 0.05) is 31.4 Å². The van der Waals surface area contributed by atoms with E-state index in [-0.39, 0.29) is 6.04 Å². The van der Waals surface area contributed by atoms with Gasteiger partial charge in [-0.1, -0.05) is 24.3 Å². The Labute approximate surface area is 100 Å². The molecule has 1 aromatic carbocycles. The third-order valence-corrected chi connectivity index (χ3v) is 2.78. The molecule has 1 atom stereocenters. The number of hydrogen-bond donors (Lipinski definition) is 1. The van der Waals surface area contributed by atoms with Crippen molar-refractivity contribution in [3.05, 3.63) is 42.1 Å². The predicted molar refractivity (Wildman–Crippen MR) is 66.5 cm³/mol. The minimum absolute atomic E-state index is 0.358. The number of nitrogens with zero attached hydrogens (tertiary/aromatic N) is 1. The summed E-state index contributed by atoms with van der Waals surface area (Å²) in [4.78, 5) is 4.36. The van der Waals surface area contributed by atoms with E-state index >= 15 is 0 Å². The smallest absolute Gasteiger partial charge is 0.176 e.